The van der Waals surface area contributed by atoms with Gasteiger partial charge >= 0.3 is 0 Å². The standard InChI is InChI=1S/C19H27FN4O2/c1-4-17-15(18(5-2)26-24-17)11-23-19(21-6-3)22-10-13-7-8-16(20)14(9-13)12-25/h7-9,25H,4-6,10-12H2,1-3H3,(H2,21,22,23). The average Bonchev–Trinajstić information content (AvgIpc) is 3.07. The van der Waals surface area contributed by atoms with Crippen LogP contribution in [0, 0.1) is 5.82 Å². The van der Waals surface area contributed by atoms with Crippen molar-refractivity contribution in [2.24, 2.45) is 4.99 Å². The van der Waals surface area contributed by atoms with Gasteiger partial charge in [-0.2, -0.15) is 0 Å². The predicted octanol–water partition coefficient (Wildman–Crippen LogP) is 2.69. The number of benzene rings is 1. The number of rotatable bonds is 8. The summed E-state index contributed by atoms with van der Waals surface area (Å²) in [6, 6.07) is 4.66. The Kier molecular flexibility index (Phi) is 7.59. The second-order valence-corrected chi connectivity index (χ2v) is 5.87. The first-order chi connectivity index (χ1) is 12.6. The van der Waals surface area contributed by atoms with Crippen LogP contribution in [0.4, 0.5) is 4.39 Å². The van der Waals surface area contributed by atoms with Crippen molar-refractivity contribution >= 4 is 5.96 Å². The molecule has 3 N–H and O–H groups in total. The molecule has 0 aliphatic heterocycles. The zero-order valence-corrected chi connectivity index (χ0v) is 15.6. The van der Waals surface area contributed by atoms with Crippen molar-refractivity contribution in [3.05, 3.63) is 52.2 Å². The molecule has 0 aliphatic carbocycles. The Morgan fingerprint density at radius 3 is 2.69 bits per heavy atom. The van der Waals surface area contributed by atoms with Gasteiger partial charge in [0.05, 0.1) is 18.8 Å². The zero-order chi connectivity index (χ0) is 18.9. The Hall–Kier alpha value is -2.41. The van der Waals surface area contributed by atoms with Crippen LogP contribution in [-0.4, -0.2) is 22.8 Å². The van der Waals surface area contributed by atoms with Gasteiger partial charge in [-0.3, -0.25) is 0 Å². The smallest absolute Gasteiger partial charge is 0.191 e. The van der Waals surface area contributed by atoms with Crippen molar-refractivity contribution in [3.8, 4) is 0 Å². The summed E-state index contributed by atoms with van der Waals surface area (Å²) in [6.07, 6.45) is 1.60. The first-order valence-electron chi connectivity index (χ1n) is 8.99. The number of hydrogen-bond acceptors (Lipinski definition) is 4. The minimum absolute atomic E-state index is 0.278. The SMILES string of the molecule is CCNC(=NCc1ccc(F)c(CO)c1)NCc1c(CC)noc1CC. The Labute approximate surface area is 153 Å². The van der Waals surface area contributed by atoms with E-state index in [0.29, 0.717) is 19.0 Å². The number of aliphatic imine (C=N–C) groups is 1. The van der Waals surface area contributed by atoms with E-state index in [-0.39, 0.29) is 12.2 Å². The van der Waals surface area contributed by atoms with Gasteiger partial charge in [0.25, 0.3) is 0 Å². The normalized spacial score (nSPS) is 11.7. The minimum Gasteiger partial charge on any atom is -0.392 e. The van der Waals surface area contributed by atoms with Gasteiger partial charge < -0.3 is 20.3 Å². The lowest BCUT2D eigenvalue weighted by atomic mass is 10.1. The number of guanidine groups is 1. The van der Waals surface area contributed by atoms with E-state index in [2.05, 4.69) is 20.8 Å². The number of nitrogens with one attached hydrogen (secondary N) is 2. The summed E-state index contributed by atoms with van der Waals surface area (Å²) in [5.41, 5.74) is 3.14. The van der Waals surface area contributed by atoms with Crippen LogP contribution in [-0.2, 0) is 32.5 Å². The second-order valence-electron chi connectivity index (χ2n) is 5.87. The molecule has 0 saturated carbocycles. The van der Waals surface area contributed by atoms with E-state index < -0.39 is 5.82 Å². The topological polar surface area (TPSA) is 82.7 Å². The molecule has 0 unspecified atom stereocenters. The first-order valence-corrected chi connectivity index (χ1v) is 8.99. The highest BCUT2D eigenvalue weighted by Crippen LogP contribution is 2.15. The number of aromatic nitrogens is 1. The quantitative estimate of drug-likeness (QED) is 0.497. The van der Waals surface area contributed by atoms with Crippen LogP contribution < -0.4 is 10.6 Å². The van der Waals surface area contributed by atoms with E-state index in [1.54, 1.807) is 12.1 Å². The molecule has 0 atom stereocenters. The third-order valence-corrected chi connectivity index (χ3v) is 4.08. The van der Waals surface area contributed by atoms with E-state index in [0.717, 1.165) is 42.0 Å². The summed E-state index contributed by atoms with van der Waals surface area (Å²) in [5, 5.41) is 19.8. The van der Waals surface area contributed by atoms with E-state index in [9.17, 15) is 9.50 Å². The molecule has 2 aromatic rings. The van der Waals surface area contributed by atoms with Gasteiger partial charge in [-0.1, -0.05) is 25.1 Å². The summed E-state index contributed by atoms with van der Waals surface area (Å²) in [7, 11) is 0. The molecule has 0 radical (unpaired) electrons. The molecule has 0 bridgehead atoms. The third kappa shape index (κ3) is 5.05. The zero-order valence-electron chi connectivity index (χ0n) is 15.6. The van der Waals surface area contributed by atoms with Crippen LogP contribution in [0.15, 0.2) is 27.7 Å². The van der Waals surface area contributed by atoms with Crippen LogP contribution in [0.2, 0.25) is 0 Å². The monoisotopic (exact) mass is 362 g/mol. The average molecular weight is 362 g/mol. The summed E-state index contributed by atoms with van der Waals surface area (Å²) in [5.74, 6) is 1.14. The Bertz CT molecular complexity index is 722. The summed E-state index contributed by atoms with van der Waals surface area (Å²) >= 11 is 0. The van der Waals surface area contributed by atoms with Gasteiger partial charge in [0.15, 0.2) is 5.96 Å². The Morgan fingerprint density at radius 1 is 1.23 bits per heavy atom. The summed E-state index contributed by atoms with van der Waals surface area (Å²) < 4.78 is 18.9. The van der Waals surface area contributed by atoms with Gasteiger partial charge in [-0.05, 0) is 31.0 Å². The Balaban J connectivity index is 2.08. The molecule has 0 fully saturated rings. The van der Waals surface area contributed by atoms with Crippen molar-refractivity contribution in [3.63, 3.8) is 0 Å². The van der Waals surface area contributed by atoms with Crippen molar-refractivity contribution in [2.45, 2.75) is 53.3 Å². The number of halogens is 1. The minimum atomic E-state index is -0.406. The van der Waals surface area contributed by atoms with E-state index in [1.165, 1.54) is 6.07 Å². The number of nitrogens with zero attached hydrogens (tertiary/aromatic N) is 2. The number of aliphatic hydroxyl groups is 1. The van der Waals surface area contributed by atoms with Crippen LogP contribution >= 0.6 is 0 Å². The molecule has 1 heterocycles. The molecule has 26 heavy (non-hydrogen) atoms. The highest BCUT2D eigenvalue weighted by molar-refractivity contribution is 5.79. The number of aliphatic hydroxyl groups excluding tert-OH is 1. The molecule has 0 amide bonds. The van der Waals surface area contributed by atoms with Gasteiger partial charge in [0, 0.05) is 30.6 Å². The fourth-order valence-electron chi connectivity index (χ4n) is 2.67. The fraction of sp³-hybridized carbons (Fsp3) is 0.474. The number of hydrogen-bond donors (Lipinski definition) is 3. The van der Waals surface area contributed by atoms with Crippen LogP contribution in [0.3, 0.4) is 0 Å². The van der Waals surface area contributed by atoms with Crippen molar-refractivity contribution in [1.82, 2.24) is 15.8 Å². The van der Waals surface area contributed by atoms with E-state index >= 15 is 0 Å². The molecule has 0 saturated heterocycles. The molecule has 2 rings (SSSR count). The van der Waals surface area contributed by atoms with Crippen LogP contribution in [0.1, 0.15) is 48.9 Å². The first kappa shape index (κ1) is 19.9. The van der Waals surface area contributed by atoms with Crippen LogP contribution in [0.25, 0.3) is 0 Å². The molecular formula is C19H27FN4O2. The molecule has 1 aromatic carbocycles. The van der Waals surface area contributed by atoms with Gasteiger partial charge in [0.1, 0.15) is 11.6 Å². The summed E-state index contributed by atoms with van der Waals surface area (Å²) in [6.45, 7) is 7.44. The molecule has 1 aromatic heterocycles. The maximum Gasteiger partial charge on any atom is 0.191 e. The molecule has 0 aliphatic rings. The van der Waals surface area contributed by atoms with E-state index in [1.807, 2.05) is 20.8 Å². The molecule has 142 valence electrons. The van der Waals surface area contributed by atoms with E-state index in [4.69, 9.17) is 4.52 Å². The fourth-order valence-corrected chi connectivity index (χ4v) is 2.67. The second kappa shape index (κ2) is 9.91. The largest absolute Gasteiger partial charge is 0.392 e. The van der Waals surface area contributed by atoms with Crippen molar-refractivity contribution in [1.29, 1.82) is 0 Å². The maximum absolute atomic E-state index is 13.5. The molecule has 0 spiro atoms. The van der Waals surface area contributed by atoms with Gasteiger partial charge in [-0.25, -0.2) is 9.38 Å². The van der Waals surface area contributed by atoms with Crippen molar-refractivity contribution in [2.75, 3.05) is 6.54 Å². The predicted molar refractivity (Wildman–Crippen MR) is 99.2 cm³/mol. The Morgan fingerprint density at radius 2 is 2.04 bits per heavy atom. The molecule has 6 nitrogen and oxygen atoms in total. The third-order valence-electron chi connectivity index (χ3n) is 4.08. The molecular weight excluding hydrogens is 335 g/mol. The van der Waals surface area contributed by atoms with Crippen LogP contribution in [0.5, 0.6) is 0 Å². The lowest BCUT2D eigenvalue weighted by Gasteiger charge is -2.12. The van der Waals surface area contributed by atoms with Gasteiger partial charge in [0.2, 0.25) is 0 Å². The lowest BCUT2D eigenvalue weighted by molar-refractivity contribution is 0.275. The lowest BCUT2D eigenvalue weighted by Crippen LogP contribution is -2.37. The highest BCUT2D eigenvalue weighted by Gasteiger charge is 2.13. The summed E-state index contributed by atoms with van der Waals surface area (Å²) in [4.78, 5) is 4.54. The molecule has 7 heteroatoms. The van der Waals surface area contributed by atoms with Crippen molar-refractivity contribution < 1.29 is 14.0 Å². The maximum atomic E-state index is 13.5. The highest BCUT2D eigenvalue weighted by atomic mass is 19.1. The number of aryl methyl sites for hydroxylation is 2. The van der Waals surface area contributed by atoms with Gasteiger partial charge in [-0.15, -0.1) is 0 Å².